The molecule has 4 rings (SSSR count). The maximum Gasteiger partial charge on any atom is 0.235 e. The maximum atomic E-state index is 4.51. The number of nitrogens with zero attached hydrogens (tertiary/aromatic N) is 5. The Hall–Kier alpha value is -2.47. The lowest BCUT2D eigenvalue weighted by Gasteiger charge is -2.32. The van der Waals surface area contributed by atoms with Gasteiger partial charge in [0.1, 0.15) is 5.82 Å². The fourth-order valence-corrected chi connectivity index (χ4v) is 3.25. The minimum Gasteiger partial charge on any atom is -0.370 e. The third-order valence-electron chi connectivity index (χ3n) is 4.70. The molecule has 0 unspecified atom stereocenters. The lowest BCUT2D eigenvalue weighted by Crippen LogP contribution is -2.35. The van der Waals surface area contributed by atoms with Crippen LogP contribution in [0.5, 0.6) is 0 Å². The van der Waals surface area contributed by atoms with Gasteiger partial charge in [-0.2, -0.15) is 4.98 Å². The van der Waals surface area contributed by atoms with Crippen molar-refractivity contribution in [2.45, 2.75) is 19.4 Å². The molecular formula is C18H22N6. The average molecular weight is 322 g/mol. The van der Waals surface area contributed by atoms with E-state index in [2.05, 4.69) is 37.3 Å². The molecule has 24 heavy (non-hydrogen) atoms. The summed E-state index contributed by atoms with van der Waals surface area (Å²) in [5.74, 6) is 2.36. The normalized spacial score (nSPS) is 16.5. The zero-order chi connectivity index (χ0) is 16.2. The van der Waals surface area contributed by atoms with Gasteiger partial charge < -0.3 is 5.32 Å². The van der Waals surface area contributed by atoms with Crippen LogP contribution in [0.4, 0.5) is 5.82 Å². The number of aromatic nitrogens is 4. The third kappa shape index (κ3) is 3.54. The average Bonchev–Trinajstić information content (AvgIpc) is 3.10. The zero-order valence-corrected chi connectivity index (χ0v) is 13.7. The number of hydrogen-bond donors (Lipinski definition) is 1. The molecule has 0 saturated carbocycles. The molecule has 6 nitrogen and oxygen atoms in total. The Balaban J connectivity index is 1.25. The summed E-state index contributed by atoms with van der Waals surface area (Å²) < 4.78 is 1.92. The molecule has 1 saturated heterocycles. The summed E-state index contributed by atoms with van der Waals surface area (Å²) in [7, 11) is 0. The molecule has 3 aromatic heterocycles. The Morgan fingerprint density at radius 3 is 2.71 bits per heavy atom. The molecule has 0 amide bonds. The second kappa shape index (κ2) is 6.97. The van der Waals surface area contributed by atoms with E-state index in [0.717, 1.165) is 37.8 Å². The van der Waals surface area contributed by atoms with E-state index < -0.39 is 0 Å². The second-order valence-corrected chi connectivity index (χ2v) is 6.40. The number of piperidine rings is 1. The van der Waals surface area contributed by atoms with Crippen molar-refractivity contribution < 1.29 is 0 Å². The molecule has 1 fully saturated rings. The largest absolute Gasteiger partial charge is 0.370 e. The molecule has 4 heterocycles. The maximum absolute atomic E-state index is 4.51. The first-order valence-corrected chi connectivity index (χ1v) is 8.52. The highest BCUT2D eigenvalue weighted by atomic mass is 15.1. The Morgan fingerprint density at radius 2 is 1.88 bits per heavy atom. The number of hydrogen-bond acceptors (Lipinski definition) is 5. The van der Waals surface area contributed by atoms with E-state index in [4.69, 9.17) is 0 Å². The highest BCUT2D eigenvalue weighted by molar-refractivity contribution is 5.41. The fraction of sp³-hybridized carbons (Fsp3) is 0.389. The minimum absolute atomic E-state index is 0.705. The quantitative estimate of drug-likeness (QED) is 0.782. The van der Waals surface area contributed by atoms with Crippen molar-refractivity contribution in [1.82, 2.24) is 24.3 Å². The van der Waals surface area contributed by atoms with Crippen LogP contribution < -0.4 is 5.32 Å². The number of likely N-dealkylation sites (tertiary alicyclic amines) is 1. The van der Waals surface area contributed by atoms with Gasteiger partial charge in [0, 0.05) is 44.1 Å². The van der Waals surface area contributed by atoms with Crippen LogP contribution in [0.15, 0.2) is 49.2 Å². The summed E-state index contributed by atoms with van der Waals surface area (Å²) in [5.41, 5.74) is 1.35. The van der Waals surface area contributed by atoms with Gasteiger partial charge in [-0.25, -0.2) is 4.98 Å². The molecule has 0 atom stereocenters. The molecule has 0 spiro atoms. The standard InChI is InChI=1S/C18H22N6/c1-6-19-7-2-16(1)14-23-9-3-15(4-10-23)13-21-17-5-11-24-12-8-20-18(24)22-17/h1-2,5-8,11-12,15H,3-4,9-10,13-14H2,(H,20,21,22). The summed E-state index contributed by atoms with van der Waals surface area (Å²) in [6.45, 7) is 4.32. The molecule has 0 aliphatic carbocycles. The fourth-order valence-electron chi connectivity index (χ4n) is 3.25. The van der Waals surface area contributed by atoms with Gasteiger partial charge in [0.05, 0.1) is 0 Å². The molecule has 124 valence electrons. The van der Waals surface area contributed by atoms with Crippen LogP contribution in [0.1, 0.15) is 18.4 Å². The molecular weight excluding hydrogens is 300 g/mol. The molecule has 3 aromatic rings. The summed E-state index contributed by atoms with van der Waals surface area (Å²) in [6, 6.07) is 6.21. The van der Waals surface area contributed by atoms with Crippen molar-refractivity contribution in [3.8, 4) is 0 Å². The summed E-state index contributed by atoms with van der Waals surface area (Å²) in [6.07, 6.45) is 11.9. The lowest BCUT2D eigenvalue weighted by molar-refractivity contribution is 0.182. The Kier molecular flexibility index (Phi) is 4.38. The molecule has 0 radical (unpaired) electrons. The highest BCUT2D eigenvalue weighted by Crippen LogP contribution is 2.19. The molecule has 1 N–H and O–H groups in total. The predicted molar refractivity (Wildman–Crippen MR) is 93.7 cm³/mol. The van der Waals surface area contributed by atoms with Gasteiger partial charge >= 0.3 is 0 Å². The van der Waals surface area contributed by atoms with E-state index in [0.29, 0.717) is 5.92 Å². The van der Waals surface area contributed by atoms with Crippen LogP contribution in [0.25, 0.3) is 5.78 Å². The first kappa shape index (κ1) is 15.1. The predicted octanol–water partition coefficient (Wildman–Crippen LogP) is 2.45. The lowest BCUT2D eigenvalue weighted by atomic mass is 9.96. The number of rotatable bonds is 5. The third-order valence-corrected chi connectivity index (χ3v) is 4.70. The second-order valence-electron chi connectivity index (χ2n) is 6.40. The van der Waals surface area contributed by atoms with Crippen molar-refractivity contribution in [3.05, 3.63) is 54.7 Å². The Morgan fingerprint density at radius 1 is 1.04 bits per heavy atom. The van der Waals surface area contributed by atoms with Gasteiger partial charge in [0.2, 0.25) is 5.78 Å². The van der Waals surface area contributed by atoms with Crippen molar-refractivity contribution >= 4 is 11.6 Å². The number of nitrogens with one attached hydrogen (secondary N) is 1. The van der Waals surface area contributed by atoms with Crippen LogP contribution >= 0.6 is 0 Å². The Bertz CT molecular complexity index is 776. The molecule has 0 bridgehead atoms. The van der Waals surface area contributed by atoms with Gasteiger partial charge in [-0.15, -0.1) is 0 Å². The first-order valence-electron chi connectivity index (χ1n) is 8.52. The monoisotopic (exact) mass is 322 g/mol. The minimum atomic E-state index is 0.705. The van der Waals surface area contributed by atoms with Crippen molar-refractivity contribution in [2.75, 3.05) is 25.0 Å². The van der Waals surface area contributed by atoms with Gasteiger partial charge in [0.15, 0.2) is 0 Å². The first-order chi connectivity index (χ1) is 11.9. The number of anilines is 1. The highest BCUT2D eigenvalue weighted by Gasteiger charge is 2.19. The molecule has 0 aromatic carbocycles. The van der Waals surface area contributed by atoms with Crippen LogP contribution in [-0.2, 0) is 6.54 Å². The SMILES string of the molecule is c1cc(CN2CCC(CNc3ccn4ccnc4n3)CC2)ccn1. The van der Waals surface area contributed by atoms with E-state index in [-0.39, 0.29) is 0 Å². The number of imidazole rings is 1. The van der Waals surface area contributed by atoms with E-state index in [1.54, 1.807) is 6.20 Å². The van der Waals surface area contributed by atoms with E-state index in [9.17, 15) is 0 Å². The van der Waals surface area contributed by atoms with Crippen molar-refractivity contribution in [2.24, 2.45) is 5.92 Å². The number of pyridine rings is 1. The van der Waals surface area contributed by atoms with Crippen molar-refractivity contribution in [3.63, 3.8) is 0 Å². The smallest absolute Gasteiger partial charge is 0.235 e. The van der Waals surface area contributed by atoms with Crippen LogP contribution in [0.3, 0.4) is 0 Å². The summed E-state index contributed by atoms with van der Waals surface area (Å²) in [5, 5.41) is 3.47. The summed E-state index contributed by atoms with van der Waals surface area (Å²) in [4.78, 5) is 15.3. The van der Waals surface area contributed by atoms with E-state index in [1.165, 1.54) is 18.4 Å². The molecule has 1 aliphatic rings. The van der Waals surface area contributed by atoms with Crippen LogP contribution in [0, 0.1) is 5.92 Å². The van der Waals surface area contributed by atoms with Gasteiger partial charge in [0.25, 0.3) is 0 Å². The zero-order valence-electron chi connectivity index (χ0n) is 13.7. The van der Waals surface area contributed by atoms with E-state index >= 15 is 0 Å². The van der Waals surface area contributed by atoms with Crippen LogP contribution in [0.2, 0.25) is 0 Å². The topological polar surface area (TPSA) is 58.4 Å². The molecule has 6 heteroatoms. The van der Waals surface area contributed by atoms with Gasteiger partial charge in [-0.05, 0) is 55.6 Å². The van der Waals surface area contributed by atoms with Crippen molar-refractivity contribution in [1.29, 1.82) is 0 Å². The molecule has 1 aliphatic heterocycles. The number of fused-ring (bicyclic) bond motifs is 1. The van der Waals surface area contributed by atoms with Gasteiger partial charge in [-0.1, -0.05) is 0 Å². The Labute approximate surface area is 141 Å². The van der Waals surface area contributed by atoms with Gasteiger partial charge in [-0.3, -0.25) is 14.3 Å². The van der Waals surface area contributed by atoms with Crippen LogP contribution in [-0.4, -0.2) is 43.9 Å². The van der Waals surface area contributed by atoms with E-state index in [1.807, 2.05) is 35.3 Å². The summed E-state index contributed by atoms with van der Waals surface area (Å²) >= 11 is 0.